The number of thiophene rings is 1. The summed E-state index contributed by atoms with van der Waals surface area (Å²) in [5.74, 6) is 0. The fourth-order valence-electron chi connectivity index (χ4n) is 13.9. The molecular weight excluding hydrogens is 942 g/mol. The van der Waals surface area contributed by atoms with E-state index < -0.39 is 0 Å². The minimum atomic E-state index is -0.0823. The average molecular weight is 1010 g/mol. The molecule has 0 bridgehead atoms. The molecule has 0 N–H and O–H groups in total. The third kappa shape index (κ3) is 7.01. The zero-order valence-electron chi connectivity index (χ0n) is 46.2. The number of para-hydroxylation sites is 4. The molecule has 8 aromatic carbocycles. The lowest BCUT2D eigenvalue weighted by Crippen LogP contribution is -2.60. The second-order valence-corrected chi connectivity index (χ2v) is 27.3. The van der Waals surface area contributed by atoms with E-state index in [1.165, 1.54) is 89.2 Å². The number of rotatable bonds is 5. The highest BCUT2D eigenvalue weighted by atomic mass is 32.1. The van der Waals surface area contributed by atoms with Crippen LogP contribution in [0.15, 0.2) is 168 Å². The lowest BCUT2D eigenvalue weighted by Gasteiger charge is -2.45. The molecular formula is C70H68BN3OS. The third-order valence-electron chi connectivity index (χ3n) is 18.5. The molecule has 4 nitrogen and oxygen atoms in total. The van der Waals surface area contributed by atoms with E-state index in [1.54, 1.807) is 0 Å². The van der Waals surface area contributed by atoms with Gasteiger partial charge in [-0.1, -0.05) is 161 Å². The Morgan fingerprint density at radius 2 is 1.07 bits per heavy atom. The minimum Gasteiger partial charge on any atom is -0.454 e. The number of benzene rings is 8. The van der Waals surface area contributed by atoms with Gasteiger partial charge in [0.15, 0.2) is 5.58 Å². The zero-order valence-corrected chi connectivity index (χ0v) is 47.0. The Labute approximate surface area is 454 Å². The van der Waals surface area contributed by atoms with Crippen LogP contribution < -0.4 is 30.4 Å². The maximum Gasteiger partial charge on any atom is 0.264 e. The predicted molar refractivity (Wildman–Crippen MR) is 327 cm³/mol. The van der Waals surface area contributed by atoms with E-state index in [2.05, 4.69) is 255 Å². The Hall–Kier alpha value is -7.02. The van der Waals surface area contributed by atoms with Crippen molar-refractivity contribution >= 4 is 117 Å². The Kier molecular flexibility index (Phi) is 10.1. The number of anilines is 9. The summed E-state index contributed by atoms with van der Waals surface area (Å²) in [6, 6.07) is 62.4. The van der Waals surface area contributed by atoms with Crippen LogP contribution in [-0.4, -0.2) is 6.71 Å². The highest BCUT2D eigenvalue weighted by Crippen LogP contribution is 2.56. The van der Waals surface area contributed by atoms with Crippen molar-refractivity contribution in [1.29, 1.82) is 0 Å². The summed E-state index contributed by atoms with van der Waals surface area (Å²) in [6.07, 6.45) is 4.65. The molecule has 76 heavy (non-hydrogen) atoms. The van der Waals surface area contributed by atoms with Crippen LogP contribution in [0.1, 0.15) is 130 Å². The first-order chi connectivity index (χ1) is 36.3. The van der Waals surface area contributed by atoms with Crippen molar-refractivity contribution in [2.24, 2.45) is 0 Å². The molecule has 10 aromatic rings. The quantitative estimate of drug-likeness (QED) is 0.160. The van der Waals surface area contributed by atoms with Gasteiger partial charge in [-0.3, -0.25) is 0 Å². The van der Waals surface area contributed by atoms with Gasteiger partial charge in [-0.05, 0) is 170 Å². The minimum absolute atomic E-state index is 0.0104. The number of hydrogen-bond donors (Lipinski definition) is 0. The van der Waals surface area contributed by atoms with Crippen molar-refractivity contribution in [3.8, 4) is 0 Å². The average Bonchev–Trinajstić information content (AvgIpc) is 4.16. The van der Waals surface area contributed by atoms with Crippen LogP contribution >= 0.6 is 11.3 Å². The summed E-state index contributed by atoms with van der Waals surface area (Å²) >= 11 is 2.03. The summed E-state index contributed by atoms with van der Waals surface area (Å²) in [4.78, 5) is 7.76. The van der Waals surface area contributed by atoms with Gasteiger partial charge in [0.1, 0.15) is 5.58 Å². The fraction of sp³-hybridized carbons (Fsp3) is 0.286. The first kappa shape index (κ1) is 47.4. The zero-order chi connectivity index (χ0) is 52.4. The Balaban J connectivity index is 1.16. The summed E-state index contributed by atoms with van der Waals surface area (Å²) in [6.45, 7) is 26.8. The molecule has 2 aromatic heterocycles. The summed E-state index contributed by atoms with van der Waals surface area (Å²) in [5, 5.41) is 3.60. The summed E-state index contributed by atoms with van der Waals surface area (Å²) in [5.41, 5.74) is 22.2. The van der Waals surface area contributed by atoms with Crippen LogP contribution in [0.3, 0.4) is 0 Å². The second kappa shape index (κ2) is 16.3. The van der Waals surface area contributed by atoms with Crippen molar-refractivity contribution < 1.29 is 4.42 Å². The molecule has 14 rings (SSSR count). The first-order valence-electron chi connectivity index (χ1n) is 27.8. The summed E-state index contributed by atoms with van der Waals surface area (Å²) in [7, 11) is 0. The lowest BCUT2D eigenvalue weighted by atomic mass is 9.36. The van der Waals surface area contributed by atoms with Gasteiger partial charge < -0.3 is 19.1 Å². The van der Waals surface area contributed by atoms with Gasteiger partial charge >= 0.3 is 0 Å². The van der Waals surface area contributed by atoms with Crippen LogP contribution in [-0.2, 0) is 27.1 Å². The molecule has 2 aliphatic carbocycles. The first-order valence-corrected chi connectivity index (χ1v) is 28.6. The SMILES string of the molecule is CC(C)(C)c1ccc2c(c1)B1c3sc4cc5c(cc4c3N(c3ccc4c(c3)C(C)(C)CCC4(C)C)c3cc(N(c4ccccc4)c4ccccc4)cc(c31)N2c1cccc2c1oc1ccccc12)C(C)(C)CCC5(C)C. The molecule has 0 saturated carbocycles. The molecule has 0 atom stereocenters. The van der Waals surface area contributed by atoms with Gasteiger partial charge in [0.25, 0.3) is 6.71 Å². The van der Waals surface area contributed by atoms with E-state index in [4.69, 9.17) is 4.42 Å². The van der Waals surface area contributed by atoms with Crippen LogP contribution in [0.4, 0.5) is 51.2 Å². The molecule has 2 aliphatic heterocycles. The molecule has 4 aliphatic rings. The highest BCUT2D eigenvalue weighted by Gasteiger charge is 2.48. The smallest absolute Gasteiger partial charge is 0.264 e. The van der Waals surface area contributed by atoms with E-state index in [0.717, 1.165) is 63.2 Å². The van der Waals surface area contributed by atoms with Crippen molar-refractivity contribution in [1.82, 2.24) is 0 Å². The molecule has 0 spiro atoms. The topological polar surface area (TPSA) is 22.9 Å². The monoisotopic (exact) mass is 1010 g/mol. The number of nitrogens with zero attached hydrogens (tertiary/aromatic N) is 3. The van der Waals surface area contributed by atoms with Gasteiger partial charge in [-0.25, -0.2) is 0 Å². The van der Waals surface area contributed by atoms with E-state index in [1.807, 2.05) is 11.3 Å². The summed E-state index contributed by atoms with van der Waals surface area (Å²) < 4.78 is 9.83. The van der Waals surface area contributed by atoms with E-state index in [-0.39, 0.29) is 33.8 Å². The van der Waals surface area contributed by atoms with Crippen LogP contribution in [0.2, 0.25) is 0 Å². The maximum atomic E-state index is 7.06. The Morgan fingerprint density at radius 1 is 0.487 bits per heavy atom. The molecule has 6 heteroatoms. The number of furan rings is 1. The van der Waals surface area contributed by atoms with Gasteiger partial charge in [-0.2, -0.15) is 0 Å². The Morgan fingerprint density at radius 3 is 1.72 bits per heavy atom. The molecule has 0 radical (unpaired) electrons. The van der Waals surface area contributed by atoms with E-state index >= 15 is 0 Å². The van der Waals surface area contributed by atoms with E-state index in [9.17, 15) is 0 Å². The molecule has 4 heterocycles. The second-order valence-electron chi connectivity index (χ2n) is 26.3. The maximum absolute atomic E-state index is 7.06. The van der Waals surface area contributed by atoms with E-state index in [0.29, 0.717) is 0 Å². The Bertz CT molecular complexity index is 3980. The van der Waals surface area contributed by atoms with Gasteiger partial charge in [-0.15, -0.1) is 11.3 Å². The number of hydrogen-bond acceptors (Lipinski definition) is 5. The third-order valence-corrected chi connectivity index (χ3v) is 19.7. The molecule has 0 unspecified atom stereocenters. The molecule has 0 fully saturated rings. The highest BCUT2D eigenvalue weighted by molar-refractivity contribution is 7.33. The van der Waals surface area contributed by atoms with Gasteiger partial charge in [0.05, 0.1) is 17.1 Å². The van der Waals surface area contributed by atoms with Crippen molar-refractivity contribution in [2.45, 2.75) is 129 Å². The molecule has 0 saturated heterocycles. The normalized spacial score (nSPS) is 17.5. The van der Waals surface area contributed by atoms with Gasteiger partial charge in [0, 0.05) is 59.8 Å². The van der Waals surface area contributed by atoms with Crippen LogP contribution in [0.25, 0.3) is 32.0 Å². The van der Waals surface area contributed by atoms with Crippen molar-refractivity contribution in [3.63, 3.8) is 0 Å². The largest absolute Gasteiger partial charge is 0.454 e. The van der Waals surface area contributed by atoms with Crippen LogP contribution in [0.5, 0.6) is 0 Å². The van der Waals surface area contributed by atoms with Crippen LogP contribution in [0, 0.1) is 0 Å². The van der Waals surface area contributed by atoms with Crippen molar-refractivity contribution in [3.05, 3.63) is 192 Å². The fourth-order valence-corrected chi connectivity index (χ4v) is 15.2. The standard InChI is InChI=1S/C70H68BN3OS/c1-66(2,3)43-29-32-56-55(37-43)71-62-58(39-47(72(44-21-14-12-15-22-44)45-23-16-13-17-24-45)40-59(62)74(56)57-27-20-26-49-48-25-18-19-28-60(48)75-64(49)57)73(46-30-31-51-52(38-46)68(6,7)34-33-67(51,4)5)63-50-41-53-54(42-61(50)76-65(63)71)70(10,11)36-35-69(53,8)9/h12-32,37-42H,33-36H2,1-11H3. The number of fused-ring (bicyclic) bond motifs is 11. The molecule has 0 amide bonds. The molecule has 378 valence electrons. The lowest BCUT2D eigenvalue weighted by molar-refractivity contribution is 0.332. The van der Waals surface area contributed by atoms with Crippen molar-refractivity contribution in [2.75, 3.05) is 14.7 Å². The van der Waals surface area contributed by atoms with Gasteiger partial charge in [0.2, 0.25) is 0 Å². The predicted octanol–water partition coefficient (Wildman–Crippen LogP) is 18.3.